The van der Waals surface area contributed by atoms with Crippen LogP contribution in [0.1, 0.15) is 19.2 Å². The SMILES string of the molecule is CCCNc1cc(Sc2ncccc2Br)nc(COC)n1. The van der Waals surface area contributed by atoms with Crippen LogP contribution in [0, 0.1) is 0 Å². The van der Waals surface area contributed by atoms with Crippen LogP contribution >= 0.6 is 27.7 Å². The van der Waals surface area contributed by atoms with E-state index in [1.54, 1.807) is 13.3 Å². The molecular formula is C14H17BrN4OS. The molecule has 21 heavy (non-hydrogen) atoms. The molecule has 7 heteroatoms. The Bertz CT molecular complexity index is 597. The molecule has 0 atom stereocenters. The molecule has 2 aromatic rings. The Morgan fingerprint density at radius 3 is 2.95 bits per heavy atom. The third-order valence-electron chi connectivity index (χ3n) is 2.50. The topological polar surface area (TPSA) is 59.9 Å². The molecule has 0 fully saturated rings. The van der Waals surface area contributed by atoms with Gasteiger partial charge >= 0.3 is 0 Å². The number of methoxy groups -OCH3 is 1. The minimum Gasteiger partial charge on any atom is -0.377 e. The predicted molar refractivity (Wildman–Crippen MR) is 87.6 cm³/mol. The summed E-state index contributed by atoms with van der Waals surface area (Å²) in [7, 11) is 1.64. The molecule has 5 nitrogen and oxygen atoms in total. The third-order valence-corrected chi connectivity index (χ3v) is 4.34. The van der Waals surface area contributed by atoms with Crippen LogP contribution in [0.4, 0.5) is 5.82 Å². The van der Waals surface area contributed by atoms with E-state index in [0.29, 0.717) is 12.4 Å². The average molecular weight is 369 g/mol. The average Bonchev–Trinajstić information content (AvgIpc) is 2.48. The molecule has 0 aliphatic carbocycles. The van der Waals surface area contributed by atoms with Crippen LogP contribution in [0.2, 0.25) is 0 Å². The summed E-state index contributed by atoms with van der Waals surface area (Å²) in [5.41, 5.74) is 0. The summed E-state index contributed by atoms with van der Waals surface area (Å²) in [5.74, 6) is 1.47. The van der Waals surface area contributed by atoms with E-state index < -0.39 is 0 Å². The van der Waals surface area contributed by atoms with E-state index in [0.717, 1.165) is 33.3 Å². The predicted octanol–water partition coefficient (Wildman–Crippen LogP) is 3.75. The van der Waals surface area contributed by atoms with Crippen molar-refractivity contribution in [3.05, 3.63) is 34.7 Å². The minimum absolute atomic E-state index is 0.387. The van der Waals surface area contributed by atoms with E-state index in [2.05, 4.69) is 43.1 Å². The van der Waals surface area contributed by atoms with Crippen molar-refractivity contribution in [1.82, 2.24) is 15.0 Å². The highest BCUT2D eigenvalue weighted by molar-refractivity contribution is 9.10. The lowest BCUT2D eigenvalue weighted by Crippen LogP contribution is -2.06. The van der Waals surface area contributed by atoms with Crippen molar-refractivity contribution in [1.29, 1.82) is 0 Å². The molecule has 112 valence electrons. The zero-order valence-corrected chi connectivity index (χ0v) is 14.4. The molecule has 0 saturated carbocycles. The van der Waals surface area contributed by atoms with Gasteiger partial charge in [-0.3, -0.25) is 0 Å². The van der Waals surface area contributed by atoms with Crippen LogP contribution in [0.15, 0.2) is 38.9 Å². The van der Waals surface area contributed by atoms with Gasteiger partial charge in [0.1, 0.15) is 22.5 Å². The van der Waals surface area contributed by atoms with Crippen molar-refractivity contribution in [2.24, 2.45) is 0 Å². The van der Waals surface area contributed by atoms with E-state index in [1.165, 1.54) is 11.8 Å². The largest absolute Gasteiger partial charge is 0.377 e. The molecule has 0 radical (unpaired) electrons. The molecule has 0 saturated heterocycles. The number of hydrogen-bond acceptors (Lipinski definition) is 6. The number of nitrogens with one attached hydrogen (secondary N) is 1. The van der Waals surface area contributed by atoms with Crippen LogP contribution in [0.25, 0.3) is 0 Å². The highest BCUT2D eigenvalue weighted by Gasteiger charge is 2.09. The third kappa shape index (κ3) is 4.94. The number of aromatic nitrogens is 3. The first-order valence-electron chi connectivity index (χ1n) is 6.62. The van der Waals surface area contributed by atoms with Gasteiger partial charge in [0.15, 0.2) is 5.82 Å². The fraction of sp³-hybridized carbons (Fsp3) is 0.357. The molecule has 1 N–H and O–H groups in total. The highest BCUT2D eigenvalue weighted by atomic mass is 79.9. The van der Waals surface area contributed by atoms with Crippen LogP contribution < -0.4 is 5.32 Å². The zero-order valence-electron chi connectivity index (χ0n) is 12.0. The summed E-state index contributed by atoms with van der Waals surface area (Å²) < 4.78 is 6.08. The molecule has 0 amide bonds. The molecular weight excluding hydrogens is 352 g/mol. The molecule has 2 rings (SSSR count). The molecule has 0 unspecified atom stereocenters. The number of pyridine rings is 1. The molecule has 0 aliphatic rings. The molecule has 0 aliphatic heterocycles. The fourth-order valence-electron chi connectivity index (χ4n) is 1.61. The van der Waals surface area contributed by atoms with E-state index in [-0.39, 0.29) is 0 Å². The lowest BCUT2D eigenvalue weighted by atomic mass is 10.4. The number of anilines is 1. The highest BCUT2D eigenvalue weighted by Crippen LogP contribution is 2.31. The minimum atomic E-state index is 0.387. The van der Waals surface area contributed by atoms with Crippen molar-refractivity contribution in [2.75, 3.05) is 19.0 Å². The second kappa shape index (κ2) is 8.31. The van der Waals surface area contributed by atoms with Gasteiger partial charge in [0, 0.05) is 25.9 Å². The molecule has 0 aromatic carbocycles. The van der Waals surface area contributed by atoms with Gasteiger partial charge in [-0.25, -0.2) is 15.0 Å². The summed E-state index contributed by atoms with van der Waals surface area (Å²) in [5, 5.41) is 5.00. The molecule has 2 aromatic heterocycles. The zero-order chi connectivity index (χ0) is 15.1. The van der Waals surface area contributed by atoms with E-state index >= 15 is 0 Å². The Morgan fingerprint density at radius 1 is 1.38 bits per heavy atom. The second-order valence-corrected chi connectivity index (χ2v) is 6.12. The Morgan fingerprint density at radius 2 is 2.24 bits per heavy atom. The van der Waals surface area contributed by atoms with Crippen molar-refractivity contribution in [3.8, 4) is 0 Å². The van der Waals surface area contributed by atoms with Gasteiger partial charge in [-0.1, -0.05) is 6.92 Å². The van der Waals surface area contributed by atoms with Gasteiger partial charge < -0.3 is 10.1 Å². The quantitative estimate of drug-likeness (QED) is 0.750. The number of hydrogen-bond donors (Lipinski definition) is 1. The van der Waals surface area contributed by atoms with Gasteiger partial charge in [0.05, 0.1) is 4.47 Å². The van der Waals surface area contributed by atoms with Crippen molar-refractivity contribution in [3.63, 3.8) is 0 Å². The number of ether oxygens (including phenoxy) is 1. The van der Waals surface area contributed by atoms with Crippen molar-refractivity contribution >= 4 is 33.5 Å². The van der Waals surface area contributed by atoms with Gasteiger partial charge in [0.2, 0.25) is 0 Å². The second-order valence-electron chi connectivity index (χ2n) is 4.26. The molecule has 0 spiro atoms. The standard InChI is InChI=1S/C14H17BrN4OS/c1-3-6-16-11-8-13(19-12(18-11)9-20-2)21-14-10(15)5-4-7-17-14/h4-5,7-8H,3,6,9H2,1-2H3,(H,16,18,19). The van der Waals surface area contributed by atoms with Crippen molar-refractivity contribution in [2.45, 2.75) is 30.0 Å². The fourth-order valence-corrected chi connectivity index (χ4v) is 2.90. The molecule has 2 heterocycles. The first kappa shape index (κ1) is 16.2. The van der Waals surface area contributed by atoms with E-state index in [9.17, 15) is 0 Å². The van der Waals surface area contributed by atoms with Gasteiger partial charge in [0.25, 0.3) is 0 Å². The van der Waals surface area contributed by atoms with Gasteiger partial charge in [-0.15, -0.1) is 0 Å². The summed E-state index contributed by atoms with van der Waals surface area (Å²) in [6.07, 6.45) is 2.80. The first-order chi connectivity index (χ1) is 10.2. The maximum Gasteiger partial charge on any atom is 0.157 e. The lowest BCUT2D eigenvalue weighted by molar-refractivity contribution is 0.177. The monoisotopic (exact) mass is 368 g/mol. The number of halogens is 1. The summed E-state index contributed by atoms with van der Waals surface area (Å²) in [6, 6.07) is 5.78. The maximum absolute atomic E-state index is 5.13. The smallest absolute Gasteiger partial charge is 0.157 e. The number of nitrogens with zero attached hydrogens (tertiary/aromatic N) is 3. The Labute approximate surface area is 137 Å². The summed E-state index contributed by atoms with van der Waals surface area (Å²) in [4.78, 5) is 13.3. The van der Waals surface area contributed by atoms with Crippen molar-refractivity contribution < 1.29 is 4.74 Å². The van der Waals surface area contributed by atoms with Gasteiger partial charge in [-0.2, -0.15) is 0 Å². The van der Waals surface area contributed by atoms with Crippen LogP contribution in [-0.2, 0) is 11.3 Å². The normalized spacial score (nSPS) is 10.6. The Balaban J connectivity index is 2.24. The maximum atomic E-state index is 5.13. The van der Waals surface area contributed by atoms with Crippen LogP contribution in [0.5, 0.6) is 0 Å². The lowest BCUT2D eigenvalue weighted by Gasteiger charge is -2.09. The first-order valence-corrected chi connectivity index (χ1v) is 8.23. The number of rotatable bonds is 7. The Kier molecular flexibility index (Phi) is 6.41. The van der Waals surface area contributed by atoms with Crippen LogP contribution in [-0.4, -0.2) is 28.6 Å². The molecule has 0 bridgehead atoms. The van der Waals surface area contributed by atoms with Crippen LogP contribution in [0.3, 0.4) is 0 Å². The Hall–Kier alpha value is -1.18. The summed E-state index contributed by atoms with van der Waals surface area (Å²) in [6.45, 7) is 3.38. The van der Waals surface area contributed by atoms with Gasteiger partial charge in [-0.05, 0) is 46.2 Å². The van der Waals surface area contributed by atoms with E-state index in [1.807, 2.05) is 18.2 Å². The van der Waals surface area contributed by atoms with E-state index in [4.69, 9.17) is 4.74 Å². The summed E-state index contributed by atoms with van der Waals surface area (Å²) >= 11 is 4.99.